The predicted molar refractivity (Wildman–Crippen MR) is 96.3 cm³/mol. The number of nitrogens with zero attached hydrogens (tertiary/aromatic N) is 2. The van der Waals surface area contributed by atoms with Gasteiger partial charge in [0, 0.05) is 18.7 Å². The second-order valence-electron chi connectivity index (χ2n) is 5.93. The van der Waals surface area contributed by atoms with Gasteiger partial charge in [-0.1, -0.05) is 29.8 Å². The zero-order valence-corrected chi connectivity index (χ0v) is 15.2. The molecule has 2 rings (SSSR count). The number of hydrogen-bond acceptors (Lipinski definition) is 4. The average Bonchev–Trinajstić information content (AvgIpc) is 2.88. The second-order valence-corrected chi connectivity index (χ2v) is 6.31. The highest BCUT2D eigenvalue weighted by Crippen LogP contribution is 2.17. The van der Waals surface area contributed by atoms with Gasteiger partial charge in [-0.25, -0.2) is 0 Å². The summed E-state index contributed by atoms with van der Waals surface area (Å²) in [6.45, 7) is 7.37. The first-order valence-corrected chi connectivity index (χ1v) is 8.48. The highest BCUT2D eigenvalue weighted by Gasteiger charge is 2.12. The van der Waals surface area contributed by atoms with Crippen LogP contribution in [0.4, 0.5) is 0 Å². The van der Waals surface area contributed by atoms with Crippen molar-refractivity contribution in [1.29, 1.82) is 0 Å². The number of aromatic amines is 1. The van der Waals surface area contributed by atoms with Gasteiger partial charge < -0.3 is 10.1 Å². The van der Waals surface area contributed by atoms with Crippen LogP contribution in [0.5, 0.6) is 0 Å². The molecule has 1 heterocycles. The Morgan fingerprint density at radius 1 is 1.38 bits per heavy atom. The van der Waals surface area contributed by atoms with Gasteiger partial charge in [-0.3, -0.25) is 14.5 Å². The Kier molecular flexibility index (Phi) is 6.69. The van der Waals surface area contributed by atoms with E-state index in [1.807, 2.05) is 45.0 Å². The molecule has 2 aromatic rings. The molecule has 1 aromatic carbocycles. The summed E-state index contributed by atoms with van der Waals surface area (Å²) >= 11 is 5.24. The number of nitrogens with one attached hydrogen (secondary N) is 2. The molecule has 0 saturated carbocycles. The molecule has 0 unspecified atom stereocenters. The molecule has 0 radical (unpaired) electrons. The van der Waals surface area contributed by atoms with Crippen molar-refractivity contribution in [1.82, 2.24) is 20.1 Å². The molecule has 2 N–H and O–H groups in total. The van der Waals surface area contributed by atoms with Crippen LogP contribution in [0, 0.1) is 11.7 Å². The van der Waals surface area contributed by atoms with Crippen molar-refractivity contribution in [2.75, 3.05) is 13.2 Å². The Labute approximate surface area is 147 Å². The molecule has 0 fully saturated rings. The fourth-order valence-electron chi connectivity index (χ4n) is 2.21. The molecule has 0 aliphatic heterocycles. The minimum Gasteiger partial charge on any atom is -0.379 e. The van der Waals surface area contributed by atoms with E-state index >= 15 is 0 Å². The molecule has 0 spiro atoms. The summed E-state index contributed by atoms with van der Waals surface area (Å²) in [4.78, 5) is 12.1. The summed E-state index contributed by atoms with van der Waals surface area (Å²) < 4.78 is 7.59. The largest absolute Gasteiger partial charge is 0.379 e. The molecular formula is C17H24N4O2S. The van der Waals surface area contributed by atoms with Crippen LogP contribution in [0.3, 0.4) is 0 Å². The Hall–Kier alpha value is -1.99. The number of benzene rings is 1. The van der Waals surface area contributed by atoms with Gasteiger partial charge in [-0.15, -0.1) is 0 Å². The summed E-state index contributed by atoms with van der Waals surface area (Å²) in [5, 5.41) is 9.89. The number of carbonyl (C=O) groups is 1. The Morgan fingerprint density at radius 3 is 2.75 bits per heavy atom. The van der Waals surface area contributed by atoms with Gasteiger partial charge in [0.25, 0.3) is 0 Å². The monoisotopic (exact) mass is 348 g/mol. The summed E-state index contributed by atoms with van der Waals surface area (Å²) in [7, 11) is 0. The minimum absolute atomic E-state index is 0.0922. The van der Waals surface area contributed by atoms with Crippen molar-refractivity contribution in [2.45, 2.75) is 39.8 Å². The van der Waals surface area contributed by atoms with Crippen molar-refractivity contribution in [3.63, 3.8) is 0 Å². The molecule has 0 aliphatic rings. The fraction of sp³-hybridized carbons (Fsp3) is 0.471. The summed E-state index contributed by atoms with van der Waals surface area (Å²) in [6.07, 6.45) is 0.993. The molecule has 0 bridgehead atoms. The molecule has 6 nitrogen and oxygen atoms in total. The average molecular weight is 348 g/mol. The van der Waals surface area contributed by atoms with Crippen molar-refractivity contribution in [3.8, 4) is 11.4 Å². The molecule has 0 aliphatic carbocycles. The molecule has 1 aromatic heterocycles. The Balaban J connectivity index is 1.95. The van der Waals surface area contributed by atoms with Crippen molar-refractivity contribution < 1.29 is 9.53 Å². The van der Waals surface area contributed by atoms with Gasteiger partial charge in [-0.2, -0.15) is 5.10 Å². The lowest BCUT2D eigenvalue weighted by molar-refractivity contribution is -0.121. The lowest BCUT2D eigenvalue weighted by atomic mass is 10.1. The number of aryl methyl sites for hydroxylation is 1. The number of H-pyrrole nitrogens is 1. The standard InChI is InChI=1S/C17H24N4O2S/c1-12(2)23-10-4-9-18-15(22)11-21-16(19-20-17(21)24)14-7-5-13(3)6-8-14/h5-8,12H,4,9-11H2,1-3H3,(H,18,22)(H,20,24). The number of aromatic nitrogens is 3. The van der Waals surface area contributed by atoms with Gasteiger partial charge >= 0.3 is 0 Å². The van der Waals surface area contributed by atoms with E-state index in [4.69, 9.17) is 17.0 Å². The second kappa shape index (κ2) is 8.75. The lowest BCUT2D eigenvalue weighted by Gasteiger charge is -2.10. The summed E-state index contributed by atoms with van der Waals surface area (Å²) in [6, 6.07) is 7.95. The molecule has 0 atom stereocenters. The SMILES string of the molecule is Cc1ccc(-c2n[nH]c(=S)n2CC(=O)NCCCOC(C)C)cc1. The number of amides is 1. The maximum atomic E-state index is 12.1. The van der Waals surface area contributed by atoms with E-state index in [-0.39, 0.29) is 18.6 Å². The van der Waals surface area contributed by atoms with E-state index in [9.17, 15) is 4.79 Å². The van der Waals surface area contributed by atoms with Crippen LogP contribution in [-0.4, -0.2) is 39.9 Å². The number of carbonyl (C=O) groups excluding carboxylic acids is 1. The quantitative estimate of drug-likeness (QED) is 0.568. The van der Waals surface area contributed by atoms with Crippen LogP contribution < -0.4 is 5.32 Å². The highest BCUT2D eigenvalue weighted by atomic mass is 32.1. The van der Waals surface area contributed by atoms with Crippen LogP contribution in [0.2, 0.25) is 0 Å². The van der Waals surface area contributed by atoms with Crippen LogP contribution in [-0.2, 0) is 16.1 Å². The van der Waals surface area contributed by atoms with Gasteiger partial charge in [0.05, 0.1) is 6.10 Å². The minimum atomic E-state index is -0.0922. The van der Waals surface area contributed by atoms with Gasteiger partial charge in [0.15, 0.2) is 10.6 Å². The number of hydrogen-bond donors (Lipinski definition) is 2. The third-order valence-corrected chi connectivity index (χ3v) is 3.78. The first-order chi connectivity index (χ1) is 11.5. The van der Waals surface area contributed by atoms with Crippen LogP contribution >= 0.6 is 12.2 Å². The Bertz CT molecular complexity index is 719. The van der Waals surface area contributed by atoms with Gasteiger partial charge in [0.2, 0.25) is 5.91 Å². The van der Waals surface area contributed by atoms with E-state index in [0.717, 1.165) is 12.0 Å². The third-order valence-electron chi connectivity index (χ3n) is 3.46. The third kappa shape index (κ3) is 5.28. The van der Waals surface area contributed by atoms with E-state index in [0.29, 0.717) is 23.7 Å². The molecule has 7 heteroatoms. The smallest absolute Gasteiger partial charge is 0.240 e. The van der Waals surface area contributed by atoms with E-state index in [1.165, 1.54) is 5.56 Å². The topological polar surface area (TPSA) is 71.9 Å². The summed E-state index contributed by atoms with van der Waals surface area (Å²) in [5.41, 5.74) is 2.09. The molecule has 0 saturated heterocycles. The summed E-state index contributed by atoms with van der Waals surface area (Å²) in [5.74, 6) is 0.573. The molecule has 24 heavy (non-hydrogen) atoms. The van der Waals surface area contributed by atoms with E-state index in [1.54, 1.807) is 4.57 Å². The van der Waals surface area contributed by atoms with Crippen molar-refractivity contribution in [3.05, 3.63) is 34.6 Å². The van der Waals surface area contributed by atoms with E-state index < -0.39 is 0 Å². The molecular weight excluding hydrogens is 324 g/mol. The Morgan fingerprint density at radius 2 is 2.08 bits per heavy atom. The maximum Gasteiger partial charge on any atom is 0.240 e. The van der Waals surface area contributed by atoms with Crippen LogP contribution in [0.25, 0.3) is 11.4 Å². The fourth-order valence-corrected chi connectivity index (χ4v) is 2.40. The van der Waals surface area contributed by atoms with Crippen LogP contribution in [0.1, 0.15) is 25.8 Å². The van der Waals surface area contributed by atoms with Crippen LogP contribution in [0.15, 0.2) is 24.3 Å². The number of ether oxygens (including phenoxy) is 1. The predicted octanol–water partition coefficient (Wildman–Crippen LogP) is 2.85. The normalized spacial score (nSPS) is 11.0. The zero-order chi connectivity index (χ0) is 17.5. The first-order valence-electron chi connectivity index (χ1n) is 8.08. The molecule has 1 amide bonds. The van der Waals surface area contributed by atoms with Gasteiger partial charge in [-0.05, 0) is 39.4 Å². The number of rotatable bonds is 8. The van der Waals surface area contributed by atoms with Gasteiger partial charge in [0.1, 0.15) is 6.54 Å². The lowest BCUT2D eigenvalue weighted by Crippen LogP contribution is -2.29. The van der Waals surface area contributed by atoms with Crippen molar-refractivity contribution in [2.24, 2.45) is 0 Å². The highest BCUT2D eigenvalue weighted by molar-refractivity contribution is 7.71. The first kappa shape index (κ1) is 18.4. The van der Waals surface area contributed by atoms with Crippen molar-refractivity contribution >= 4 is 18.1 Å². The maximum absolute atomic E-state index is 12.1. The molecule has 130 valence electrons. The van der Waals surface area contributed by atoms with E-state index in [2.05, 4.69) is 15.5 Å². The zero-order valence-electron chi connectivity index (χ0n) is 14.3.